The fourth-order valence-corrected chi connectivity index (χ4v) is 2.65. The number of aryl methyl sites for hydroxylation is 1. The lowest BCUT2D eigenvalue weighted by Crippen LogP contribution is -2.13. The minimum absolute atomic E-state index is 0.124. The molecule has 0 saturated heterocycles. The molecular formula is C13H8ClF3O3S. The van der Waals surface area contributed by atoms with Gasteiger partial charge < -0.3 is 4.18 Å². The zero-order chi connectivity index (χ0) is 15.8. The molecule has 2 aromatic carbocycles. The second-order valence-corrected chi connectivity index (χ2v) is 6.04. The molecule has 0 spiro atoms. The molecule has 0 saturated carbocycles. The van der Waals surface area contributed by atoms with Gasteiger partial charge in [0.2, 0.25) is 0 Å². The van der Waals surface area contributed by atoms with E-state index in [9.17, 15) is 21.6 Å². The molecule has 0 fully saturated rings. The van der Waals surface area contributed by atoms with Crippen molar-refractivity contribution >= 4 is 21.7 Å². The third-order valence-electron chi connectivity index (χ3n) is 2.60. The number of rotatable bonds is 3. The van der Waals surface area contributed by atoms with E-state index in [0.717, 1.165) is 0 Å². The smallest absolute Gasteiger partial charge is 0.342 e. The quantitative estimate of drug-likeness (QED) is 0.632. The first kappa shape index (κ1) is 15.7. The Morgan fingerprint density at radius 1 is 1.05 bits per heavy atom. The van der Waals surface area contributed by atoms with Gasteiger partial charge in [0.15, 0.2) is 17.5 Å². The van der Waals surface area contributed by atoms with Gasteiger partial charge in [-0.15, -0.1) is 0 Å². The SMILES string of the molecule is Cc1cc(OS(=O)(=O)c2ccc(F)c(F)c2F)ccc1Cl. The molecule has 8 heteroatoms. The fraction of sp³-hybridized carbons (Fsp3) is 0.0769. The molecule has 0 aliphatic heterocycles. The number of hydrogen-bond acceptors (Lipinski definition) is 3. The number of halogens is 4. The van der Waals surface area contributed by atoms with Crippen LogP contribution in [0, 0.1) is 24.4 Å². The summed E-state index contributed by atoms with van der Waals surface area (Å²) in [6, 6.07) is 5.05. The van der Waals surface area contributed by atoms with E-state index < -0.39 is 32.5 Å². The van der Waals surface area contributed by atoms with Gasteiger partial charge in [-0.1, -0.05) is 11.6 Å². The molecule has 0 atom stereocenters. The molecule has 0 N–H and O–H groups in total. The van der Waals surface area contributed by atoms with Gasteiger partial charge in [-0.25, -0.2) is 13.2 Å². The van der Waals surface area contributed by atoms with E-state index in [1.54, 1.807) is 6.92 Å². The summed E-state index contributed by atoms with van der Waals surface area (Å²) in [5, 5.41) is 0.388. The highest BCUT2D eigenvalue weighted by atomic mass is 35.5. The van der Waals surface area contributed by atoms with E-state index in [4.69, 9.17) is 11.6 Å². The minimum atomic E-state index is -4.64. The van der Waals surface area contributed by atoms with Crippen molar-refractivity contribution < 1.29 is 25.8 Å². The number of hydrogen-bond donors (Lipinski definition) is 0. The Morgan fingerprint density at radius 2 is 1.71 bits per heavy atom. The van der Waals surface area contributed by atoms with Crippen molar-refractivity contribution in [1.29, 1.82) is 0 Å². The Kier molecular flexibility index (Phi) is 4.15. The predicted molar refractivity (Wildman–Crippen MR) is 70.3 cm³/mol. The van der Waals surface area contributed by atoms with Crippen LogP contribution in [-0.2, 0) is 10.1 Å². The van der Waals surface area contributed by atoms with Crippen molar-refractivity contribution in [2.75, 3.05) is 0 Å². The molecule has 0 radical (unpaired) electrons. The maximum absolute atomic E-state index is 13.5. The highest BCUT2D eigenvalue weighted by Gasteiger charge is 2.26. The van der Waals surface area contributed by atoms with Gasteiger partial charge in [-0.05, 0) is 42.8 Å². The van der Waals surface area contributed by atoms with Gasteiger partial charge >= 0.3 is 10.1 Å². The van der Waals surface area contributed by atoms with Gasteiger partial charge in [0, 0.05) is 5.02 Å². The van der Waals surface area contributed by atoms with E-state index in [1.807, 2.05) is 0 Å². The lowest BCUT2D eigenvalue weighted by molar-refractivity contribution is 0.423. The first-order chi connectivity index (χ1) is 9.72. The molecule has 0 aromatic heterocycles. The highest BCUT2D eigenvalue weighted by molar-refractivity contribution is 7.87. The van der Waals surface area contributed by atoms with Crippen LogP contribution in [0.15, 0.2) is 35.2 Å². The molecule has 0 heterocycles. The van der Waals surface area contributed by atoms with Crippen LogP contribution in [0.4, 0.5) is 13.2 Å². The van der Waals surface area contributed by atoms with Crippen molar-refractivity contribution in [3.8, 4) is 5.75 Å². The summed E-state index contributed by atoms with van der Waals surface area (Å²) in [6.07, 6.45) is 0. The van der Waals surface area contributed by atoms with Crippen LogP contribution in [0.2, 0.25) is 5.02 Å². The zero-order valence-electron chi connectivity index (χ0n) is 10.5. The van der Waals surface area contributed by atoms with Gasteiger partial charge in [0.25, 0.3) is 0 Å². The molecule has 0 unspecified atom stereocenters. The van der Waals surface area contributed by atoms with Crippen molar-refractivity contribution in [2.24, 2.45) is 0 Å². The van der Waals surface area contributed by atoms with Gasteiger partial charge in [0.05, 0.1) is 0 Å². The molecule has 0 aliphatic carbocycles. The van der Waals surface area contributed by atoms with Crippen LogP contribution in [0.5, 0.6) is 5.75 Å². The first-order valence-corrected chi connectivity index (χ1v) is 7.35. The van der Waals surface area contributed by atoms with E-state index in [1.165, 1.54) is 18.2 Å². The maximum atomic E-state index is 13.5. The molecule has 3 nitrogen and oxygen atoms in total. The Hall–Kier alpha value is -1.73. The average Bonchev–Trinajstić information content (AvgIpc) is 2.39. The number of benzene rings is 2. The summed E-state index contributed by atoms with van der Waals surface area (Å²) in [4.78, 5) is -1.09. The van der Waals surface area contributed by atoms with Crippen molar-refractivity contribution in [3.05, 3.63) is 58.4 Å². The molecular weight excluding hydrogens is 329 g/mol. The fourth-order valence-electron chi connectivity index (χ4n) is 1.54. The molecule has 0 bridgehead atoms. The van der Waals surface area contributed by atoms with Crippen molar-refractivity contribution in [2.45, 2.75) is 11.8 Å². The summed E-state index contributed by atoms with van der Waals surface area (Å²) in [5.74, 6) is -5.33. The van der Waals surface area contributed by atoms with Crippen LogP contribution in [0.1, 0.15) is 5.56 Å². The average molecular weight is 337 g/mol. The van der Waals surface area contributed by atoms with E-state index in [-0.39, 0.29) is 5.75 Å². The second-order valence-electron chi connectivity index (χ2n) is 4.12. The third kappa shape index (κ3) is 3.14. The Balaban J connectivity index is 2.43. The predicted octanol–water partition coefficient (Wildman–Crippen LogP) is 3.83. The topological polar surface area (TPSA) is 43.4 Å². The van der Waals surface area contributed by atoms with E-state index >= 15 is 0 Å². The van der Waals surface area contributed by atoms with Crippen LogP contribution in [0.3, 0.4) is 0 Å². The summed E-state index contributed by atoms with van der Waals surface area (Å²) in [7, 11) is -4.64. The zero-order valence-corrected chi connectivity index (χ0v) is 12.1. The van der Waals surface area contributed by atoms with Gasteiger partial charge in [-0.2, -0.15) is 8.42 Å². The molecule has 2 aromatic rings. The van der Waals surface area contributed by atoms with E-state index in [2.05, 4.69) is 4.18 Å². The van der Waals surface area contributed by atoms with Gasteiger partial charge in [-0.3, -0.25) is 0 Å². The highest BCUT2D eigenvalue weighted by Crippen LogP contribution is 2.26. The van der Waals surface area contributed by atoms with Crippen LogP contribution >= 0.6 is 11.6 Å². The monoisotopic (exact) mass is 336 g/mol. The van der Waals surface area contributed by atoms with Crippen LogP contribution < -0.4 is 4.18 Å². The summed E-state index contributed by atoms with van der Waals surface area (Å²) in [6.45, 7) is 1.61. The largest absolute Gasteiger partial charge is 0.379 e. The van der Waals surface area contributed by atoms with Crippen LogP contribution in [0.25, 0.3) is 0 Å². The van der Waals surface area contributed by atoms with Crippen molar-refractivity contribution in [3.63, 3.8) is 0 Å². The molecule has 0 aliphatic rings. The maximum Gasteiger partial charge on any atom is 0.342 e. The molecule has 0 amide bonds. The molecule has 21 heavy (non-hydrogen) atoms. The van der Waals surface area contributed by atoms with Gasteiger partial charge in [0.1, 0.15) is 10.6 Å². The molecule has 2 rings (SSSR count). The summed E-state index contributed by atoms with van der Waals surface area (Å²) >= 11 is 5.78. The summed E-state index contributed by atoms with van der Waals surface area (Å²) in [5.41, 5.74) is 0.537. The third-order valence-corrected chi connectivity index (χ3v) is 4.29. The first-order valence-electron chi connectivity index (χ1n) is 5.56. The Morgan fingerprint density at radius 3 is 2.33 bits per heavy atom. The summed E-state index contributed by atoms with van der Waals surface area (Å²) < 4.78 is 67.9. The Labute approximate surface area is 124 Å². The van der Waals surface area contributed by atoms with E-state index in [0.29, 0.717) is 22.7 Å². The standard InChI is InChI=1S/C13H8ClF3O3S/c1-7-6-8(2-3-9(7)14)20-21(18,19)11-5-4-10(15)12(16)13(11)17/h2-6H,1H3. The molecule has 112 valence electrons. The second kappa shape index (κ2) is 5.57. The lowest BCUT2D eigenvalue weighted by atomic mass is 10.2. The minimum Gasteiger partial charge on any atom is -0.379 e. The Bertz CT molecular complexity index is 807. The van der Waals surface area contributed by atoms with Crippen LogP contribution in [-0.4, -0.2) is 8.42 Å². The normalized spacial score (nSPS) is 11.5. The lowest BCUT2D eigenvalue weighted by Gasteiger charge is -2.09. The van der Waals surface area contributed by atoms with Crippen molar-refractivity contribution in [1.82, 2.24) is 0 Å².